The smallest absolute Gasteiger partial charge is 0.249 e. The van der Waals surface area contributed by atoms with Gasteiger partial charge in [0.1, 0.15) is 0 Å². The van der Waals surface area contributed by atoms with Gasteiger partial charge >= 0.3 is 0 Å². The van der Waals surface area contributed by atoms with Crippen LogP contribution in [0.1, 0.15) is 46.1 Å². The number of hydrogen-bond acceptors (Lipinski definition) is 4. The molecule has 3 rings (SSSR count). The monoisotopic (exact) mass is 327 g/mol. The van der Waals surface area contributed by atoms with E-state index in [-0.39, 0.29) is 17.9 Å². The number of amides is 1. The topological polar surface area (TPSA) is 63.9 Å². The molecule has 2 unspecified atom stereocenters. The predicted octanol–water partition coefficient (Wildman–Crippen LogP) is 2.94. The van der Waals surface area contributed by atoms with Gasteiger partial charge < -0.3 is 4.90 Å². The average molecular weight is 327 g/mol. The Balaban J connectivity index is 1.86. The summed E-state index contributed by atoms with van der Waals surface area (Å²) in [6.45, 7) is 7.01. The van der Waals surface area contributed by atoms with Crippen LogP contribution in [-0.2, 0) is 4.79 Å². The van der Waals surface area contributed by atoms with Crippen molar-refractivity contribution in [2.24, 2.45) is 5.92 Å². The Morgan fingerprint density at radius 1 is 1.21 bits per heavy atom. The van der Waals surface area contributed by atoms with Crippen LogP contribution in [0.4, 0.5) is 0 Å². The molecule has 2 aromatic rings. The van der Waals surface area contributed by atoms with Crippen molar-refractivity contribution in [2.75, 3.05) is 6.54 Å². The Hall–Kier alpha value is -2.24. The average Bonchev–Trinajstić information content (AvgIpc) is 3.05. The molecule has 24 heavy (non-hydrogen) atoms. The molecule has 0 saturated carbocycles. The zero-order valence-corrected chi connectivity index (χ0v) is 14.6. The van der Waals surface area contributed by atoms with Crippen LogP contribution in [0.2, 0.25) is 0 Å². The molecule has 1 aromatic carbocycles. The first-order valence-corrected chi connectivity index (χ1v) is 8.73. The minimum absolute atomic E-state index is 0.101. The van der Waals surface area contributed by atoms with Crippen molar-refractivity contribution in [3.8, 4) is 11.4 Å². The molecule has 1 amide bonds. The van der Waals surface area contributed by atoms with Gasteiger partial charge in [-0.05, 0) is 37.3 Å². The van der Waals surface area contributed by atoms with E-state index in [0.717, 1.165) is 24.9 Å². The largest absolute Gasteiger partial charge is 0.338 e. The standard InChI is InChI=1S/C18H25N5O/c1-13(2)16(18(24)22-12-8-7-9-14(22)3)23-20-17(19-21-23)15-10-5-4-6-11-15/h4-6,10-11,13-14,16H,7-9,12H2,1-3H3. The van der Waals surface area contributed by atoms with Gasteiger partial charge in [0, 0.05) is 18.2 Å². The van der Waals surface area contributed by atoms with Crippen LogP contribution in [0.5, 0.6) is 0 Å². The number of hydrogen-bond donors (Lipinski definition) is 0. The minimum Gasteiger partial charge on any atom is -0.338 e. The van der Waals surface area contributed by atoms with Gasteiger partial charge in [-0.3, -0.25) is 4.79 Å². The van der Waals surface area contributed by atoms with Gasteiger partial charge in [-0.1, -0.05) is 44.2 Å². The van der Waals surface area contributed by atoms with E-state index in [1.807, 2.05) is 49.1 Å². The number of nitrogens with zero attached hydrogens (tertiary/aromatic N) is 5. The molecular formula is C18H25N5O. The van der Waals surface area contributed by atoms with Crippen LogP contribution < -0.4 is 0 Å². The molecular weight excluding hydrogens is 302 g/mol. The van der Waals surface area contributed by atoms with E-state index in [1.165, 1.54) is 11.2 Å². The number of tetrazole rings is 1. The van der Waals surface area contributed by atoms with Crippen molar-refractivity contribution in [3.63, 3.8) is 0 Å². The summed E-state index contributed by atoms with van der Waals surface area (Å²) in [4.78, 5) is 16.6. The third-order valence-corrected chi connectivity index (χ3v) is 4.68. The molecule has 0 radical (unpaired) electrons. The lowest BCUT2D eigenvalue weighted by Gasteiger charge is -2.36. The molecule has 2 heterocycles. The van der Waals surface area contributed by atoms with Crippen molar-refractivity contribution in [1.82, 2.24) is 25.1 Å². The number of piperidine rings is 1. The molecule has 1 fully saturated rings. The molecule has 1 saturated heterocycles. The van der Waals surface area contributed by atoms with E-state index in [2.05, 4.69) is 22.3 Å². The summed E-state index contributed by atoms with van der Waals surface area (Å²) in [6, 6.07) is 9.60. The summed E-state index contributed by atoms with van der Waals surface area (Å²) < 4.78 is 0. The second kappa shape index (κ2) is 7.11. The van der Waals surface area contributed by atoms with Crippen LogP contribution in [0, 0.1) is 5.92 Å². The zero-order valence-electron chi connectivity index (χ0n) is 14.6. The fourth-order valence-corrected chi connectivity index (χ4v) is 3.29. The Morgan fingerprint density at radius 3 is 2.62 bits per heavy atom. The molecule has 0 spiro atoms. The van der Waals surface area contributed by atoms with Gasteiger partial charge in [-0.15, -0.1) is 10.2 Å². The van der Waals surface area contributed by atoms with Crippen molar-refractivity contribution in [1.29, 1.82) is 0 Å². The van der Waals surface area contributed by atoms with Crippen molar-refractivity contribution in [3.05, 3.63) is 30.3 Å². The van der Waals surface area contributed by atoms with Gasteiger partial charge in [0.05, 0.1) is 0 Å². The molecule has 1 aliphatic rings. The molecule has 1 aromatic heterocycles. The van der Waals surface area contributed by atoms with Crippen molar-refractivity contribution >= 4 is 5.91 Å². The first kappa shape index (κ1) is 16.6. The van der Waals surface area contributed by atoms with E-state index in [0.29, 0.717) is 5.82 Å². The lowest BCUT2D eigenvalue weighted by Crippen LogP contribution is -2.47. The highest BCUT2D eigenvalue weighted by atomic mass is 16.2. The maximum absolute atomic E-state index is 13.1. The van der Waals surface area contributed by atoms with E-state index in [1.54, 1.807) is 0 Å². The van der Waals surface area contributed by atoms with Gasteiger partial charge in [0.2, 0.25) is 11.7 Å². The van der Waals surface area contributed by atoms with Crippen LogP contribution in [0.25, 0.3) is 11.4 Å². The SMILES string of the molecule is CC(C)C(C(=O)N1CCCCC1C)n1nnc(-c2ccccc2)n1. The molecule has 6 nitrogen and oxygen atoms in total. The Labute approximate surface area is 142 Å². The lowest BCUT2D eigenvalue weighted by molar-refractivity contribution is -0.140. The predicted molar refractivity (Wildman–Crippen MR) is 92.2 cm³/mol. The summed E-state index contributed by atoms with van der Waals surface area (Å²) in [5, 5.41) is 12.8. The first-order valence-electron chi connectivity index (χ1n) is 8.73. The summed E-state index contributed by atoms with van der Waals surface area (Å²) >= 11 is 0. The number of likely N-dealkylation sites (tertiary alicyclic amines) is 1. The van der Waals surface area contributed by atoms with Crippen molar-refractivity contribution < 1.29 is 4.79 Å². The summed E-state index contributed by atoms with van der Waals surface area (Å²) in [7, 11) is 0. The highest BCUT2D eigenvalue weighted by molar-refractivity contribution is 5.81. The van der Waals surface area contributed by atoms with Crippen LogP contribution >= 0.6 is 0 Å². The number of carbonyl (C=O) groups is 1. The summed E-state index contributed by atoms with van der Waals surface area (Å²) in [6.07, 6.45) is 3.33. The quantitative estimate of drug-likeness (QED) is 0.866. The maximum atomic E-state index is 13.1. The fourth-order valence-electron chi connectivity index (χ4n) is 3.29. The van der Waals surface area contributed by atoms with Crippen LogP contribution in [0.3, 0.4) is 0 Å². The van der Waals surface area contributed by atoms with E-state index in [9.17, 15) is 4.79 Å². The highest BCUT2D eigenvalue weighted by Crippen LogP contribution is 2.25. The van der Waals surface area contributed by atoms with Crippen molar-refractivity contribution in [2.45, 2.75) is 52.1 Å². The van der Waals surface area contributed by atoms with E-state index < -0.39 is 6.04 Å². The number of carbonyl (C=O) groups excluding carboxylic acids is 1. The molecule has 0 aliphatic carbocycles. The van der Waals surface area contributed by atoms with Gasteiger partial charge in [-0.25, -0.2) is 0 Å². The van der Waals surface area contributed by atoms with E-state index in [4.69, 9.17) is 0 Å². The van der Waals surface area contributed by atoms with E-state index >= 15 is 0 Å². The Kier molecular flexibility index (Phi) is 4.92. The van der Waals surface area contributed by atoms with Gasteiger partial charge in [0.25, 0.3) is 0 Å². The second-order valence-corrected chi connectivity index (χ2v) is 6.86. The number of rotatable bonds is 4. The molecule has 0 bridgehead atoms. The van der Waals surface area contributed by atoms with Gasteiger partial charge in [-0.2, -0.15) is 4.80 Å². The minimum atomic E-state index is -0.407. The third-order valence-electron chi connectivity index (χ3n) is 4.68. The highest BCUT2D eigenvalue weighted by Gasteiger charge is 2.34. The third kappa shape index (κ3) is 3.32. The van der Waals surface area contributed by atoms with Crippen LogP contribution in [-0.4, -0.2) is 43.6 Å². The molecule has 6 heteroatoms. The second-order valence-electron chi connectivity index (χ2n) is 6.86. The van der Waals surface area contributed by atoms with Crippen LogP contribution in [0.15, 0.2) is 30.3 Å². The number of aromatic nitrogens is 4. The summed E-state index contributed by atoms with van der Waals surface area (Å²) in [5.74, 6) is 0.763. The normalized spacial score (nSPS) is 19.5. The maximum Gasteiger partial charge on any atom is 0.249 e. The Morgan fingerprint density at radius 2 is 1.96 bits per heavy atom. The lowest BCUT2D eigenvalue weighted by atomic mass is 9.98. The van der Waals surface area contributed by atoms with Gasteiger partial charge in [0.15, 0.2) is 6.04 Å². The Bertz CT molecular complexity index is 682. The molecule has 1 aliphatic heterocycles. The number of benzene rings is 1. The molecule has 0 N–H and O–H groups in total. The first-order chi connectivity index (χ1) is 11.6. The zero-order chi connectivity index (χ0) is 17.1. The molecule has 2 atom stereocenters. The fraction of sp³-hybridized carbons (Fsp3) is 0.556. The molecule has 128 valence electrons. The summed E-state index contributed by atoms with van der Waals surface area (Å²) in [5.41, 5.74) is 0.907.